The Hall–Kier alpha value is -1.49. The molecule has 0 spiro atoms. The highest BCUT2D eigenvalue weighted by Crippen LogP contribution is 2.22. The third-order valence-electron chi connectivity index (χ3n) is 2.09. The van der Waals surface area contributed by atoms with Crippen LogP contribution < -0.4 is 0 Å². The molecule has 5 nitrogen and oxygen atoms in total. The van der Waals surface area contributed by atoms with Crippen molar-refractivity contribution in [2.45, 2.75) is 39.3 Å². The molecule has 0 atom stereocenters. The van der Waals surface area contributed by atoms with Crippen LogP contribution in [0.4, 0.5) is 0 Å². The van der Waals surface area contributed by atoms with Crippen molar-refractivity contribution >= 4 is 5.97 Å². The number of aromatic hydroxyl groups is 1. The quantitative estimate of drug-likeness (QED) is 0.784. The molecule has 0 amide bonds. The Labute approximate surface area is 101 Å². The number of rotatable bonds is 4. The number of aromatic nitrogens is 1. The first-order chi connectivity index (χ1) is 7.85. The Balaban J connectivity index is 2.88. The average molecular weight is 241 g/mol. The second kappa shape index (κ2) is 5.23. The Morgan fingerprint density at radius 3 is 2.65 bits per heavy atom. The molecule has 17 heavy (non-hydrogen) atoms. The van der Waals surface area contributed by atoms with Crippen LogP contribution in [0.15, 0.2) is 12.3 Å². The van der Waals surface area contributed by atoms with Crippen molar-refractivity contribution in [3.8, 4) is 5.75 Å². The van der Waals surface area contributed by atoms with Crippen molar-refractivity contribution in [3.63, 3.8) is 0 Å². The number of nitrogens with zero attached hydrogens (tertiary/aromatic N) is 1. The molecule has 0 fully saturated rings. The summed E-state index contributed by atoms with van der Waals surface area (Å²) in [6.07, 6.45) is 2.12. The summed E-state index contributed by atoms with van der Waals surface area (Å²) in [4.78, 5) is 11.9. The van der Waals surface area contributed by atoms with Crippen molar-refractivity contribution < 1.29 is 19.7 Å². The molecule has 0 aliphatic rings. The summed E-state index contributed by atoms with van der Waals surface area (Å²) in [5.41, 5.74) is -0.469. The van der Waals surface area contributed by atoms with Crippen LogP contribution in [0.3, 0.4) is 0 Å². The first-order valence-corrected chi connectivity index (χ1v) is 5.57. The molecule has 1 aromatic heterocycles. The zero-order valence-corrected chi connectivity index (χ0v) is 10.4. The Kier molecular flexibility index (Phi) is 4.17. The Bertz CT molecular complexity index is 390. The molecule has 1 rings (SSSR count). The number of hydrogen-bond donors (Lipinski definition) is 2. The summed E-state index contributed by atoms with van der Waals surface area (Å²) >= 11 is 0. The fourth-order valence-corrected chi connectivity index (χ4v) is 1.44. The van der Waals surface area contributed by atoms with E-state index in [0.29, 0.717) is 13.0 Å². The first-order valence-electron chi connectivity index (χ1n) is 5.57. The van der Waals surface area contributed by atoms with Gasteiger partial charge in [0.2, 0.25) is 0 Å². The summed E-state index contributed by atoms with van der Waals surface area (Å²) in [6.45, 7) is 5.80. The van der Waals surface area contributed by atoms with Gasteiger partial charge in [0.05, 0.1) is 0 Å². The average Bonchev–Trinajstić information content (AvgIpc) is 2.54. The van der Waals surface area contributed by atoms with Gasteiger partial charge >= 0.3 is 5.97 Å². The number of esters is 1. The summed E-state index contributed by atoms with van der Waals surface area (Å²) in [5.74, 6) is -0.657. The second-order valence-electron chi connectivity index (χ2n) is 4.82. The van der Waals surface area contributed by atoms with Crippen LogP contribution in [0.25, 0.3) is 0 Å². The lowest BCUT2D eigenvalue weighted by molar-refractivity contribution is 0.00542. The minimum absolute atomic E-state index is 0.0344. The Morgan fingerprint density at radius 2 is 2.12 bits per heavy atom. The van der Waals surface area contributed by atoms with Crippen LogP contribution in [0.1, 0.15) is 37.7 Å². The smallest absolute Gasteiger partial charge is 0.359 e. The molecular weight excluding hydrogens is 222 g/mol. The molecule has 2 N–H and O–H groups in total. The van der Waals surface area contributed by atoms with E-state index in [-0.39, 0.29) is 18.1 Å². The monoisotopic (exact) mass is 241 g/mol. The number of carbonyl (C=O) groups is 1. The Morgan fingerprint density at radius 1 is 1.47 bits per heavy atom. The summed E-state index contributed by atoms with van der Waals surface area (Å²) < 4.78 is 6.78. The van der Waals surface area contributed by atoms with E-state index in [1.54, 1.807) is 31.5 Å². The van der Waals surface area contributed by atoms with Gasteiger partial charge < -0.3 is 19.5 Å². The maximum atomic E-state index is 11.9. The lowest BCUT2D eigenvalue weighted by atomic mass is 10.2. The van der Waals surface area contributed by atoms with Gasteiger partial charge in [0.25, 0.3) is 0 Å². The lowest BCUT2D eigenvalue weighted by Gasteiger charge is -2.20. The van der Waals surface area contributed by atoms with E-state index in [2.05, 4.69) is 0 Å². The van der Waals surface area contributed by atoms with Crippen molar-refractivity contribution in [1.82, 2.24) is 4.57 Å². The van der Waals surface area contributed by atoms with Crippen molar-refractivity contribution in [1.29, 1.82) is 0 Å². The van der Waals surface area contributed by atoms with Gasteiger partial charge in [0.1, 0.15) is 11.4 Å². The lowest BCUT2D eigenvalue weighted by Crippen LogP contribution is -2.25. The van der Waals surface area contributed by atoms with Crippen molar-refractivity contribution in [2.75, 3.05) is 6.61 Å². The highest BCUT2D eigenvalue weighted by molar-refractivity contribution is 5.91. The SMILES string of the molecule is CC(C)(C)OC(=O)c1c(O)ccn1CCCO. The van der Waals surface area contributed by atoms with Crippen LogP contribution in [0, 0.1) is 0 Å². The van der Waals surface area contributed by atoms with E-state index in [9.17, 15) is 9.90 Å². The van der Waals surface area contributed by atoms with E-state index in [0.717, 1.165) is 0 Å². The third kappa shape index (κ3) is 3.78. The maximum absolute atomic E-state index is 11.9. The molecular formula is C12H19NO4. The normalized spacial score (nSPS) is 11.5. The number of carbonyl (C=O) groups excluding carboxylic acids is 1. The topological polar surface area (TPSA) is 71.7 Å². The molecule has 0 aliphatic heterocycles. The largest absolute Gasteiger partial charge is 0.505 e. The molecule has 1 aromatic rings. The second-order valence-corrected chi connectivity index (χ2v) is 4.82. The zero-order valence-electron chi connectivity index (χ0n) is 10.4. The molecule has 0 aromatic carbocycles. The third-order valence-corrected chi connectivity index (χ3v) is 2.09. The number of aliphatic hydroxyl groups excluding tert-OH is 1. The van der Waals surface area contributed by atoms with Gasteiger partial charge in [0.15, 0.2) is 5.69 Å². The van der Waals surface area contributed by atoms with Gasteiger partial charge in [-0.2, -0.15) is 0 Å². The predicted molar refractivity (Wildman–Crippen MR) is 63.0 cm³/mol. The van der Waals surface area contributed by atoms with Crippen LogP contribution in [-0.4, -0.2) is 33.0 Å². The molecule has 0 aliphatic carbocycles. The van der Waals surface area contributed by atoms with E-state index in [1.807, 2.05) is 0 Å². The van der Waals surface area contributed by atoms with Crippen molar-refractivity contribution in [2.24, 2.45) is 0 Å². The summed E-state index contributed by atoms with van der Waals surface area (Å²) in [6, 6.07) is 1.44. The van der Waals surface area contributed by atoms with Gasteiger partial charge in [-0.1, -0.05) is 0 Å². The summed E-state index contributed by atoms with van der Waals surface area (Å²) in [7, 11) is 0. The van der Waals surface area contributed by atoms with Gasteiger partial charge in [-0.25, -0.2) is 4.79 Å². The van der Waals surface area contributed by atoms with Gasteiger partial charge in [-0.05, 0) is 33.3 Å². The highest BCUT2D eigenvalue weighted by Gasteiger charge is 2.23. The molecule has 1 heterocycles. The standard InChI is InChI=1S/C12H19NO4/c1-12(2,3)17-11(16)10-9(15)5-7-13(10)6-4-8-14/h5,7,14-15H,4,6,8H2,1-3H3. The van der Waals surface area contributed by atoms with Crippen LogP contribution >= 0.6 is 0 Å². The van der Waals surface area contributed by atoms with Gasteiger partial charge in [-0.3, -0.25) is 0 Å². The van der Waals surface area contributed by atoms with Crippen LogP contribution in [0.2, 0.25) is 0 Å². The minimum atomic E-state index is -0.602. The number of hydrogen-bond acceptors (Lipinski definition) is 4. The molecule has 0 saturated carbocycles. The first kappa shape index (κ1) is 13.6. The molecule has 0 radical (unpaired) electrons. The zero-order chi connectivity index (χ0) is 13.1. The highest BCUT2D eigenvalue weighted by atomic mass is 16.6. The van der Waals surface area contributed by atoms with Crippen LogP contribution in [0.5, 0.6) is 5.75 Å². The van der Waals surface area contributed by atoms with Crippen LogP contribution in [-0.2, 0) is 11.3 Å². The van der Waals surface area contributed by atoms with Gasteiger partial charge in [0, 0.05) is 19.3 Å². The molecule has 0 unspecified atom stereocenters. The molecule has 5 heteroatoms. The molecule has 0 saturated heterocycles. The van der Waals surface area contributed by atoms with Crippen molar-refractivity contribution in [3.05, 3.63) is 18.0 Å². The maximum Gasteiger partial charge on any atom is 0.359 e. The number of aliphatic hydroxyl groups is 1. The van der Waals surface area contributed by atoms with E-state index in [1.165, 1.54) is 6.07 Å². The molecule has 0 bridgehead atoms. The fraction of sp³-hybridized carbons (Fsp3) is 0.583. The van der Waals surface area contributed by atoms with E-state index in [4.69, 9.17) is 9.84 Å². The molecule has 96 valence electrons. The van der Waals surface area contributed by atoms with E-state index >= 15 is 0 Å². The number of ether oxygens (including phenoxy) is 1. The number of aryl methyl sites for hydroxylation is 1. The minimum Gasteiger partial charge on any atom is -0.505 e. The van der Waals surface area contributed by atoms with E-state index < -0.39 is 11.6 Å². The van der Waals surface area contributed by atoms with Gasteiger partial charge in [-0.15, -0.1) is 0 Å². The predicted octanol–water partition coefficient (Wildman–Crippen LogP) is 1.53. The fourth-order valence-electron chi connectivity index (χ4n) is 1.44. The summed E-state index contributed by atoms with van der Waals surface area (Å²) in [5, 5.41) is 18.4.